The van der Waals surface area contributed by atoms with Crippen molar-refractivity contribution in [2.75, 3.05) is 17.2 Å². The second kappa shape index (κ2) is 9.53. The fourth-order valence-corrected chi connectivity index (χ4v) is 2.76. The minimum atomic E-state index is -0.556. The monoisotopic (exact) mass is 419 g/mol. The van der Waals surface area contributed by atoms with Crippen molar-refractivity contribution in [3.63, 3.8) is 0 Å². The highest BCUT2D eigenvalue weighted by Gasteiger charge is 2.12. The summed E-state index contributed by atoms with van der Waals surface area (Å²) in [4.78, 5) is 34.7. The Hall–Kier alpha value is -4.20. The van der Waals surface area contributed by atoms with Crippen LogP contribution in [0.15, 0.2) is 66.7 Å². The molecule has 2 amide bonds. The molecule has 0 aliphatic carbocycles. The molecule has 0 atom stereocenters. The summed E-state index contributed by atoms with van der Waals surface area (Å²) in [6, 6.07) is 17.6. The van der Waals surface area contributed by atoms with Crippen LogP contribution < -0.4 is 15.4 Å². The average molecular weight is 419 g/mol. The number of hydrogen-bond donors (Lipinski definition) is 2. The molecular weight excluding hydrogens is 398 g/mol. The first-order chi connectivity index (χ1) is 14.8. The SMILES string of the molecule is Cc1ccc(NC(=O)COc2ccc(NC(=O)c3cccc([N+](=O)[O-])c3)cc2)cc1C. The predicted octanol–water partition coefficient (Wildman–Crippen LogP) is 4.48. The Morgan fingerprint density at radius 2 is 1.61 bits per heavy atom. The molecule has 3 aromatic rings. The van der Waals surface area contributed by atoms with Gasteiger partial charge in [0.15, 0.2) is 6.61 Å². The molecule has 8 nitrogen and oxygen atoms in total. The topological polar surface area (TPSA) is 111 Å². The van der Waals surface area contributed by atoms with E-state index in [9.17, 15) is 19.7 Å². The summed E-state index contributed by atoms with van der Waals surface area (Å²) >= 11 is 0. The zero-order valence-corrected chi connectivity index (χ0v) is 17.0. The number of nitro benzene ring substituents is 1. The molecule has 0 bridgehead atoms. The van der Waals surface area contributed by atoms with E-state index in [0.29, 0.717) is 17.1 Å². The highest BCUT2D eigenvalue weighted by Crippen LogP contribution is 2.19. The second-order valence-electron chi connectivity index (χ2n) is 6.92. The summed E-state index contributed by atoms with van der Waals surface area (Å²) in [5.74, 6) is -0.292. The van der Waals surface area contributed by atoms with Gasteiger partial charge in [0, 0.05) is 29.1 Å². The number of nitrogens with one attached hydrogen (secondary N) is 2. The van der Waals surface area contributed by atoms with Crippen LogP contribution in [0.3, 0.4) is 0 Å². The number of amides is 2. The van der Waals surface area contributed by atoms with E-state index in [1.54, 1.807) is 24.3 Å². The number of carbonyl (C=O) groups is 2. The van der Waals surface area contributed by atoms with Crippen molar-refractivity contribution in [1.82, 2.24) is 0 Å². The molecule has 8 heteroatoms. The standard InChI is InChI=1S/C23H21N3O5/c1-15-6-7-19(12-16(15)2)24-22(27)14-31-21-10-8-18(9-11-21)25-23(28)17-4-3-5-20(13-17)26(29)30/h3-13H,14H2,1-2H3,(H,24,27)(H,25,28). The number of anilines is 2. The fourth-order valence-electron chi connectivity index (χ4n) is 2.76. The molecule has 0 radical (unpaired) electrons. The Bertz CT molecular complexity index is 1130. The largest absolute Gasteiger partial charge is 0.484 e. The summed E-state index contributed by atoms with van der Waals surface area (Å²) in [5, 5.41) is 16.3. The van der Waals surface area contributed by atoms with Gasteiger partial charge >= 0.3 is 0 Å². The minimum Gasteiger partial charge on any atom is -0.484 e. The molecule has 0 fully saturated rings. The van der Waals surface area contributed by atoms with Crippen molar-refractivity contribution < 1.29 is 19.2 Å². The number of rotatable bonds is 7. The lowest BCUT2D eigenvalue weighted by Gasteiger charge is -2.10. The lowest BCUT2D eigenvalue weighted by Crippen LogP contribution is -2.20. The van der Waals surface area contributed by atoms with Crippen LogP contribution in [0, 0.1) is 24.0 Å². The molecule has 3 aromatic carbocycles. The van der Waals surface area contributed by atoms with Gasteiger partial charge < -0.3 is 15.4 Å². The van der Waals surface area contributed by atoms with Gasteiger partial charge in [-0.3, -0.25) is 19.7 Å². The number of carbonyl (C=O) groups excluding carboxylic acids is 2. The number of benzene rings is 3. The van der Waals surface area contributed by atoms with E-state index in [1.807, 2.05) is 32.0 Å². The van der Waals surface area contributed by atoms with Crippen molar-refractivity contribution in [2.24, 2.45) is 0 Å². The average Bonchev–Trinajstić information content (AvgIpc) is 2.76. The Morgan fingerprint density at radius 1 is 0.903 bits per heavy atom. The molecule has 158 valence electrons. The van der Waals surface area contributed by atoms with Gasteiger partial charge in [0.05, 0.1) is 4.92 Å². The highest BCUT2D eigenvalue weighted by molar-refractivity contribution is 6.04. The quantitative estimate of drug-likeness (QED) is 0.433. The molecule has 0 heterocycles. The van der Waals surface area contributed by atoms with Crippen molar-refractivity contribution in [2.45, 2.75) is 13.8 Å². The van der Waals surface area contributed by atoms with Crippen LogP contribution in [0.5, 0.6) is 5.75 Å². The molecule has 0 aliphatic heterocycles. The van der Waals surface area contributed by atoms with Crippen LogP contribution in [0.2, 0.25) is 0 Å². The van der Waals surface area contributed by atoms with Crippen molar-refractivity contribution in [1.29, 1.82) is 0 Å². The zero-order valence-electron chi connectivity index (χ0n) is 17.0. The number of ether oxygens (including phenoxy) is 1. The molecule has 0 aliphatic rings. The van der Waals surface area contributed by atoms with Crippen molar-refractivity contribution in [3.8, 4) is 5.75 Å². The number of hydrogen-bond acceptors (Lipinski definition) is 5. The molecule has 0 unspecified atom stereocenters. The maximum absolute atomic E-state index is 12.3. The Morgan fingerprint density at radius 3 is 2.29 bits per heavy atom. The number of non-ortho nitro benzene ring substituents is 1. The van der Waals surface area contributed by atoms with E-state index < -0.39 is 10.8 Å². The Balaban J connectivity index is 1.53. The van der Waals surface area contributed by atoms with Crippen LogP contribution in [0.25, 0.3) is 0 Å². The normalized spacial score (nSPS) is 10.3. The number of nitrogens with zero attached hydrogens (tertiary/aromatic N) is 1. The van der Waals surface area contributed by atoms with E-state index in [1.165, 1.54) is 24.3 Å². The maximum Gasteiger partial charge on any atom is 0.270 e. The summed E-state index contributed by atoms with van der Waals surface area (Å²) in [6.45, 7) is 3.81. The molecule has 31 heavy (non-hydrogen) atoms. The number of nitro groups is 1. The van der Waals surface area contributed by atoms with E-state index in [2.05, 4.69) is 10.6 Å². The van der Waals surface area contributed by atoms with Crippen LogP contribution >= 0.6 is 0 Å². The second-order valence-corrected chi connectivity index (χ2v) is 6.92. The summed E-state index contributed by atoms with van der Waals surface area (Å²) in [5.41, 5.74) is 3.45. The third-order valence-corrected chi connectivity index (χ3v) is 4.59. The van der Waals surface area contributed by atoms with Gasteiger partial charge in [0.1, 0.15) is 5.75 Å². The van der Waals surface area contributed by atoms with Gasteiger partial charge in [-0.2, -0.15) is 0 Å². The van der Waals surface area contributed by atoms with Gasteiger partial charge in [0.2, 0.25) is 0 Å². The lowest BCUT2D eigenvalue weighted by atomic mass is 10.1. The third-order valence-electron chi connectivity index (χ3n) is 4.59. The van der Waals surface area contributed by atoms with Gasteiger partial charge in [-0.05, 0) is 67.4 Å². The minimum absolute atomic E-state index is 0.157. The maximum atomic E-state index is 12.3. The summed E-state index contributed by atoms with van der Waals surface area (Å²) in [6.07, 6.45) is 0. The predicted molar refractivity (Wildman–Crippen MR) is 118 cm³/mol. The molecule has 3 rings (SSSR count). The zero-order chi connectivity index (χ0) is 22.4. The van der Waals surface area contributed by atoms with Gasteiger partial charge in [-0.25, -0.2) is 0 Å². The Labute approximate surface area is 179 Å². The third kappa shape index (κ3) is 5.89. The van der Waals surface area contributed by atoms with Gasteiger partial charge in [-0.15, -0.1) is 0 Å². The highest BCUT2D eigenvalue weighted by atomic mass is 16.6. The van der Waals surface area contributed by atoms with Crippen molar-refractivity contribution >= 4 is 28.9 Å². The van der Waals surface area contributed by atoms with Gasteiger partial charge in [-0.1, -0.05) is 12.1 Å². The molecule has 2 N–H and O–H groups in total. The van der Waals surface area contributed by atoms with E-state index in [4.69, 9.17) is 4.74 Å². The summed E-state index contributed by atoms with van der Waals surface area (Å²) in [7, 11) is 0. The first kappa shape index (κ1) is 21.5. The van der Waals surface area contributed by atoms with E-state index in [-0.39, 0.29) is 23.8 Å². The smallest absolute Gasteiger partial charge is 0.270 e. The first-order valence-corrected chi connectivity index (χ1v) is 9.47. The van der Waals surface area contributed by atoms with Crippen molar-refractivity contribution in [3.05, 3.63) is 93.5 Å². The van der Waals surface area contributed by atoms with E-state index >= 15 is 0 Å². The molecule has 0 aromatic heterocycles. The van der Waals surface area contributed by atoms with Crippen LogP contribution in [-0.2, 0) is 4.79 Å². The van der Waals surface area contributed by atoms with Crippen LogP contribution in [0.1, 0.15) is 21.5 Å². The molecule has 0 spiro atoms. The first-order valence-electron chi connectivity index (χ1n) is 9.47. The summed E-state index contributed by atoms with van der Waals surface area (Å²) < 4.78 is 5.48. The van der Waals surface area contributed by atoms with Crippen LogP contribution in [0.4, 0.5) is 17.1 Å². The van der Waals surface area contributed by atoms with Gasteiger partial charge in [0.25, 0.3) is 17.5 Å². The molecule has 0 saturated heterocycles. The fraction of sp³-hybridized carbons (Fsp3) is 0.130. The molecular formula is C23H21N3O5. The lowest BCUT2D eigenvalue weighted by molar-refractivity contribution is -0.384. The van der Waals surface area contributed by atoms with E-state index in [0.717, 1.165) is 11.1 Å². The molecule has 0 saturated carbocycles. The van der Waals surface area contributed by atoms with Crippen LogP contribution in [-0.4, -0.2) is 23.3 Å². The Kier molecular flexibility index (Phi) is 6.61. The number of aryl methyl sites for hydroxylation is 2.